The highest BCUT2D eigenvalue weighted by atomic mass is 19.1. The Morgan fingerprint density at radius 1 is 1.26 bits per heavy atom. The van der Waals surface area contributed by atoms with Crippen molar-refractivity contribution >= 4 is 11.6 Å². The van der Waals surface area contributed by atoms with Gasteiger partial charge in [-0.3, -0.25) is 0 Å². The molecule has 0 unspecified atom stereocenters. The number of hydrogen-bond acceptors (Lipinski definition) is 6. The Labute approximate surface area is 158 Å². The number of aryl methyl sites for hydroxylation is 1. The molecule has 144 valence electrons. The minimum absolute atomic E-state index is 0.0702. The van der Waals surface area contributed by atoms with Gasteiger partial charge in [0, 0.05) is 37.3 Å². The number of nitrogens with one attached hydrogen (secondary N) is 1. The van der Waals surface area contributed by atoms with Crippen molar-refractivity contribution in [1.82, 2.24) is 9.97 Å². The van der Waals surface area contributed by atoms with E-state index < -0.39 is 6.10 Å². The summed E-state index contributed by atoms with van der Waals surface area (Å²) >= 11 is 0. The van der Waals surface area contributed by atoms with E-state index in [9.17, 15) is 9.50 Å². The molecule has 0 bridgehead atoms. The second-order valence-corrected chi connectivity index (χ2v) is 7.43. The summed E-state index contributed by atoms with van der Waals surface area (Å²) in [5.41, 5.74) is 8.50. The second-order valence-electron chi connectivity index (χ2n) is 7.43. The molecule has 27 heavy (non-hydrogen) atoms. The van der Waals surface area contributed by atoms with Crippen LogP contribution >= 0.6 is 0 Å². The molecule has 7 heteroatoms. The first-order chi connectivity index (χ1) is 13.2. The first kappa shape index (κ1) is 18.1. The number of fused-ring (bicyclic) bond motifs is 1. The van der Waals surface area contributed by atoms with Crippen molar-refractivity contribution in [2.75, 3.05) is 23.3 Å². The Kier molecular flexibility index (Phi) is 5.22. The highest BCUT2D eigenvalue weighted by molar-refractivity contribution is 5.50. The third-order valence-electron chi connectivity index (χ3n) is 5.61. The van der Waals surface area contributed by atoms with Gasteiger partial charge in [0.05, 0.1) is 6.10 Å². The van der Waals surface area contributed by atoms with Crippen LogP contribution in [0.2, 0.25) is 0 Å². The van der Waals surface area contributed by atoms with Crippen LogP contribution in [0.5, 0.6) is 0 Å². The standard InChI is InChI=1S/C20H26FN5O/c21-20-14(6-5-13-3-1-2-4-17(13)20)10-23-18-8-19(25-12-24-18)26-11-16(27)7-15(26)9-22/h5-6,8,12,15-16,27H,1-4,7,9-11,22H2,(H,23,24,25)/t15-,16-/m1/s1. The lowest BCUT2D eigenvalue weighted by molar-refractivity contribution is 0.194. The molecule has 0 radical (unpaired) electrons. The minimum Gasteiger partial charge on any atom is -0.391 e. The molecule has 1 aliphatic heterocycles. The average molecular weight is 371 g/mol. The SMILES string of the molecule is NC[C@H]1C[C@@H](O)CN1c1cc(NCc2ccc3c(c2F)CCCC3)ncn1. The number of rotatable bonds is 5. The summed E-state index contributed by atoms with van der Waals surface area (Å²) in [6.45, 7) is 1.35. The van der Waals surface area contributed by atoms with Gasteiger partial charge < -0.3 is 21.1 Å². The van der Waals surface area contributed by atoms with Crippen molar-refractivity contribution in [3.63, 3.8) is 0 Å². The van der Waals surface area contributed by atoms with Crippen molar-refractivity contribution in [1.29, 1.82) is 0 Å². The maximum atomic E-state index is 14.8. The first-order valence-electron chi connectivity index (χ1n) is 9.65. The van der Waals surface area contributed by atoms with Gasteiger partial charge in [0.2, 0.25) is 0 Å². The molecule has 1 aromatic carbocycles. The number of nitrogens with two attached hydrogens (primary N) is 1. The molecule has 1 aliphatic carbocycles. The molecule has 2 aromatic rings. The molecule has 4 rings (SSSR count). The summed E-state index contributed by atoms with van der Waals surface area (Å²) in [6, 6.07) is 5.82. The largest absolute Gasteiger partial charge is 0.391 e. The summed E-state index contributed by atoms with van der Waals surface area (Å²) in [7, 11) is 0. The van der Waals surface area contributed by atoms with E-state index in [4.69, 9.17) is 5.73 Å². The van der Waals surface area contributed by atoms with E-state index in [-0.39, 0.29) is 11.9 Å². The van der Waals surface area contributed by atoms with E-state index in [1.54, 1.807) is 0 Å². The molecular formula is C20H26FN5O. The van der Waals surface area contributed by atoms with Crippen LogP contribution in [-0.2, 0) is 19.4 Å². The third kappa shape index (κ3) is 3.75. The Hall–Kier alpha value is -2.25. The van der Waals surface area contributed by atoms with E-state index in [1.807, 2.05) is 17.0 Å². The number of β-amino-alcohol motifs (C(OH)–C–C–N with tert-alkyl or cyclic N) is 1. The lowest BCUT2D eigenvalue weighted by atomic mass is 9.90. The van der Waals surface area contributed by atoms with Gasteiger partial charge in [0.15, 0.2) is 0 Å². The lowest BCUT2D eigenvalue weighted by Crippen LogP contribution is -2.36. The average Bonchev–Trinajstić information content (AvgIpc) is 3.09. The molecule has 2 heterocycles. The van der Waals surface area contributed by atoms with Gasteiger partial charge in [-0.1, -0.05) is 12.1 Å². The molecule has 0 saturated carbocycles. The predicted octanol–water partition coefficient (Wildman–Crippen LogP) is 2.00. The van der Waals surface area contributed by atoms with E-state index in [0.717, 1.165) is 42.6 Å². The van der Waals surface area contributed by atoms with Crippen molar-refractivity contribution < 1.29 is 9.50 Å². The number of aliphatic hydroxyl groups excluding tert-OH is 1. The maximum Gasteiger partial charge on any atom is 0.134 e. The Morgan fingerprint density at radius 2 is 2.11 bits per heavy atom. The highest BCUT2D eigenvalue weighted by Crippen LogP contribution is 2.27. The fourth-order valence-corrected chi connectivity index (χ4v) is 4.15. The van der Waals surface area contributed by atoms with Crippen LogP contribution in [0, 0.1) is 5.82 Å². The summed E-state index contributed by atoms with van der Waals surface area (Å²) in [6.07, 6.45) is 5.73. The van der Waals surface area contributed by atoms with Crippen molar-refractivity contribution in [3.8, 4) is 0 Å². The Morgan fingerprint density at radius 3 is 2.96 bits per heavy atom. The van der Waals surface area contributed by atoms with Crippen molar-refractivity contribution in [2.45, 2.75) is 50.8 Å². The predicted molar refractivity (Wildman–Crippen MR) is 103 cm³/mol. The third-order valence-corrected chi connectivity index (χ3v) is 5.61. The van der Waals surface area contributed by atoms with Gasteiger partial charge in [-0.2, -0.15) is 0 Å². The normalized spacial score (nSPS) is 22.0. The fourth-order valence-electron chi connectivity index (χ4n) is 4.15. The second kappa shape index (κ2) is 7.78. The smallest absolute Gasteiger partial charge is 0.134 e. The number of halogens is 1. The van der Waals surface area contributed by atoms with Crippen LogP contribution in [0.1, 0.15) is 36.0 Å². The molecule has 1 aromatic heterocycles. The number of anilines is 2. The van der Waals surface area contributed by atoms with Crippen LogP contribution in [0.15, 0.2) is 24.5 Å². The molecule has 1 saturated heterocycles. The number of aromatic nitrogens is 2. The lowest BCUT2D eigenvalue weighted by Gasteiger charge is -2.24. The molecule has 0 amide bonds. The van der Waals surface area contributed by atoms with Crippen LogP contribution in [0.4, 0.5) is 16.0 Å². The molecule has 4 N–H and O–H groups in total. The number of hydrogen-bond donors (Lipinski definition) is 3. The Balaban J connectivity index is 1.48. The van der Waals surface area contributed by atoms with Crippen LogP contribution in [0.3, 0.4) is 0 Å². The molecule has 1 fully saturated rings. The minimum atomic E-state index is -0.394. The first-order valence-corrected chi connectivity index (χ1v) is 9.65. The highest BCUT2D eigenvalue weighted by Gasteiger charge is 2.31. The zero-order valence-electron chi connectivity index (χ0n) is 15.4. The van der Waals surface area contributed by atoms with Gasteiger partial charge in [-0.25, -0.2) is 14.4 Å². The summed E-state index contributed by atoms with van der Waals surface area (Å²) in [5, 5.41) is 13.1. The van der Waals surface area contributed by atoms with Gasteiger partial charge in [0.25, 0.3) is 0 Å². The van der Waals surface area contributed by atoms with E-state index in [0.29, 0.717) is 37.4 Å². The van der Waals surface area contributed by atoms with E-state index >= 15 is 0 Å². The van der Waals surface area contributed by atoms with Crippen LogP contribution in [-0.4, -0.2) is 40.3 Å². The molecule has 6 nitrogen and oxygen atoms in total. The van der Waals surface area contributed by atoms with Gasteiger partial charge in [-0.05, 0) is 43.2 Å². The summed E-state index contributed by atoms with van der Waals surface area (Å²) < 4.78 is 14.8. The number of benzene rings is 1. The quantitative estimate of drug-likeness (QED) is 0.745. The summed E-state index contributed by atoms with van der Waals surface area (Å²) in [5.74, 6) is 1.28. The molecule has 2 aliphatic rings. The molecule has 0 spiro atoms. The summed E-state index contributed by atoms with van der Waals surface area (Å²) in [4.78, 5) is 10.6. The topological polar surface area (TPSA) is 87.3 Å². The fraction of sp³-hybridized carbons (Fsp3) is 0.500. The van der Waals surface area contributed by atoms with Crippen LogP contribution in [0.25, 0.3) is 0 Å². The number of aliphatic hydroxyl groups is 1. The van der Waals surface area contributed by atoms with Crippen molar-refractivity contribution in [2.24, 2.45) is 5.73 Å². The zero-order chi connectivity index (χ0) is 18.8. The van der Waals surface area contributed by atoms with Gasteiger partial charge in [0.1, 0.15) is 23.8 Å². The van der Waals surface area contributed by atoms with Crippen LogP contribution < -0.4 is 16.0 Å². The monoisotopic (exact) mass is 371 g/mol. The van der Waals surface area contributed by atoms with Crippen molar-refractivity contribution in [3.05, 3.63) is 47.0 Å². The number of nitrogens with zero attached hydrogens (tertiary/aromatic N) is 3. The maximum absolute atomic E-state index is 14.8. The van der Waals surface area contributed by atoms with Gasteiger partial charge in [-0.15, -0.1) is 0 Å². The van der Waals surface area contributed by atoms with Gasteiger partial charge >= 0.3 is 0 Å². The molecule has 2 atom stereocenters. The zero-order valence-corrected chi connectivity index (χ0v) is 15.4. The Bertz CT molecular complexity index is 815. The molecular weight excluding hydrogens is 345 g/mol. The van der Waals surface area contributed by atoms with E-state index in [1.165, 1.54) is 6.33 Å². The van der Waals surface area contributed by atoms with E-state index in [2.05, 4.69) is 21.4 Å².